The normalized spacial score (nSPS) is 19.3. The lowest BCUT2D eigenvalue weighted by molar-refractivity contribution is -0.140. The number of carbonyl (C=O) groups is 3. The SMILES string of the molecule is COC(=O)CCCCN1C(=O)[C@](O)([C@H](C)/C=C/CCn2cc(C(CO)c3ccccc3)nn2)c2cc(N3CCC3=O)ccc21. The molecule has 3 atom stereocenters. The number of rotatable bonds is 14. The number of hydrogen-bond acceptors (Lipinski definition) is 8. The van der Waals surface area contributed by atoms with Gasteiger partial charge >= 0.3 is 5.97 Å². The number of aliphatic hydroxyl groups is 2. The molecule has 232 valence electrons. The van der Waals surface area contributed by atoms with Crippen LogP contribution in [-0.2, 0) is 31.3 Å². The maximum atomic E-state index is 13.8. The molecule has 1 fully saturated rings. The average Bonchev–Trinajstić information content (AvgIpc) is 3.58. The summed E-state index contributed by atoms with van der Waals surface area (Å²) < 4.78 is 6.43. The number of esters is 1. The Labute approximate surface area is 256 Å². The van der Waals surface area contributed by atoms with E-state index in [2.05, 4.69) is 10.3 Å². The Morgan fingerprint density at radius 2 is 1.93 bits per heavy atom. The summed E-state index contributed by atoms with van der Waals surface area (Å²) >= 11 is 0. The first kappa shape index (κ1) is 31.1. The number of anilines is 2. The molecule has 2 aliphatic rings. The highest BCUT2D eigenvalue weighted by atomic mass is 16.5. The smallest absolute Gasteiger partial charge is 0.305 e. The Kier molecular flexibility index (Phi) is 9.55. The van der Waals surface area contributed by atoms with Crippen LogP contribution in [0.1, 0.15) is 61.8 Å². The van der Waals surface area contributed by atoms with E-state index in [9.17, 15) is 24.6 Å². The van der Waals surface area contributed by atoms with Crippen molar-refractivity contribution in [3.8, 4) is 0 Å². The van der Waals surface area contributed by atoms with Gasteiger partial charge in [-0.15, -0.1) is 5.10 Å². The second kappa shape index (κ2) is 13.5. The van der Waals surface area contributed by atoms with E-state index in [0.29, 0.717) is 67.9 Å². The third-order valence-electron chi connectivity index (χ3n) is 8.56. The van der Waals surface area contributed by atoms with Crippen molar-refractivity contribution >= 4 is 29.2 Å². The topological polar surface area (TPSA) is 138 Å². The van der Waals surface area contributed by atoms with Crippen LogP contribution in [0.25, 0.3) is 0 Å². The maximum absolute atomic E-state index is 13.8. The highest BCUT2D eigenvalue weighted by Gasteiger charge is 2.52. The zero-order valence-electron chi connectivity index (χ0n) is 25.1. The van der Waals surface area contributed by atoms with E-state index in [1.165, 1.54) is 7.11 Å². The van der Waals surface area contributed by atoms with Gasteiger partial charge in [0.15, 0.2) is 5.60 Å². The van der Waals surface area contributed by atoms with Gasteiger partial charge in [0, 0.05) is 55.8 Å². The Morgan fingerprint density at radius 3 is 2.61 bits per heavy atom. The molecule has 1 aromatic heterocycles. The van der Waals surface area contributed by atoms with E-state index in [0.717, 1.165) is 5.56 Å². The molecule has 2 aromatic carbocycles. The number of fused-ring (bicyclic) bond motifs is 1. The van der Waals surface area contributed by atoms with Crippen molar-refractivity contribution in [2.45, 2.75) is 57.1 Å². The van der Waals surface area contributed by atoms with Crippen LogP contribution in [0.4, 0.5) is 11.4 Å². The molecule has 2 aliphatic heterocycles. The van der Waals surface area contributed by atoms with Gasteiger partial charge < -0.3 is 24.7 Å². The number of unbranched alkanes of at least 4 members (excludes halogenated alkanes) is 1. The predicted octanol–water partition coefficient (Wildman–Crippen LogP) is 3.30. The summed E-state index contributed by atoms with van der Waals surface area (Å²) in [7, 11) is 1.35. The first-order valence-corrected chi connectivity index (χ1v) is 15.1. The van der Waals surface area contributed by atoms with Crippen molar-refractivity contribution in [1.29, 1.82) is 0 Å². The summed E-state index contributed by atoms with van der Waals surface area (Å²) in [6.45, 7) is 3.20. The number of carbonyl (C=O) groups excluding carboxylic acids is 3. The summed E-state index contributed by atoms with van der Waals surface area (Å²) in [6.07, 6.45) is 8.01. The third kappa shape index (κ3) is 6.15. The molecule has 2 N–H and O–H groups in total. The average molecular weight is 602 g/mol. The number of β-lactam (4-membered cyclic amide) rings is 1. The number of aryl methyl sites for hydroxylation is 1. The van der Waals surface area contributed by atoms with Crippen LogP contribution in [-0.4, -0.2) is 69.8 Å². The van der Waals surface area contributed by atoms with Crippen LogP contribution < -0.4 is 9.80 Å². The summed E-state index contributed by atoms with van der Waals surface area (Å²) in [5.41, 5.74) is 1.57. The molecule has 0 spiro atoms. The van der Waals surface area contributed by atoms with Gasteiger partial charge in [0.05, 0.1) is 31.0 Å². The van der Waals surface area contributed by atoms with E-state index in [1.807, 2.05) is 54.7 Å². The van der Waals surface area contributed by atoms with Crippen molar-refractivity contribution in [3.05, 3.63) is 83.7 Å². The van der Waals surface area contributed by atoms with Gasteiger partial charge in [0.25, 0.3) is 5.91 Å². The second-order valence-electron chi connectivity index (χ2n) is 11.3. The van der Waals surface area contributed by atoms with Crippen molar-refractivity contribution in [1.82, 2.24) is 15.0 Å². The molecular weight excluding hydrogens is 562 g/mol. The van der Waals surface area contributed by atoms with Gasteiger partial charge in [-0.3, -0.25) is 19.1 Å². The minimum Gasteiger partial charge on any atom is -0.469 e. The van der Waals surface area contributed by atoms with Crippen molar-refractivity contribution in [3.63, 3.8) is 0 Å². The van der Waals surface area contributed by atoms with E-state index in [-0.39, 0.29) is 30.8 Å². The van der Waals surface area contributed by atoms with Crippen LogP contribution in [0.15, 0.2) is 66.9 Å². The molecule has 2 amide bonds. The zero-order valence-corrected chi connectivity index (χ0v) is 25.1. The first-order chi connectivity index (χ1) is 21.3. The summed E-state index contributed by atoms with van der Waals surface area (Å²) in [5, 5.41) is 30.5. The largest absolute Gasteiger partial charge is 0.469 e. The molecule has 3 heterocycles. The van der Waals surface area contributed by atoms with Gasteiger partial charge in [-0.2, -0.15) is 0 Å². The molecule has 5 rings (SSSR count). The van der Waals surface area contributed by atoms with Gasteiger partial charge in [-0.25, -0.2) is 0 Å². The van der Waals surface area contributed by atoms with Crippen LogP contribution >= 0.6 is 0 Å². The molecule has 0 bridgehead atoms. The second-order valence-corrected chi connectivity index (χ2v) is 11.3. The zero-order chi connectivity index (χ0) is 31.3. The number of aliphatic hydroxyl groups excluding tert-OH is 1. The van der Waals surface area contributed by atoms with Crippen molar-refractivity contribution in [2.75, 3.05) is 36.6 Å². The number of allylic oxidation sites excluding steroid dienone is 1. The molecule has 11 heteroatoms. The van der Waals surface area contributed by atoms with E-state index in [1.54, 1.807) is 33.5 Å². The fourth-order valence-corrected chi connectivity index (χ4v) is 5.84. The quantitative estimate of drug-likeness (QED) is 0.124. The predicted molar refractivity (Wildman–Crippen MR) is 164 cm³/mol. The van der Waals surface area contributed by atoms with Gasteiger partial charge in [-0.05, 0) is 43.0 Å². The Balaban J connectivity index is 1.28. The molecule has 1 unspecified atom stereocenters. The van der Waals surface area contributed by atoms with Gasteiger partial charge in [0.2, 0.25) is 5.91 Å². The highest BCUT2D eigenvalue weighted by molar-refractivity contribution is 6.08. The number of aromatic nitrogens is 3. The van der Waals surface area contributed by atoms with Crippen LogP contribution in [0.2, 0.25) is 0 Å². The van der Waals surface area contributed by atoms with E-state index in [4.69, 9.17) is 4.74 Å². The maximum Gasteiger partial charge on any atom is 0.305 e. The number of hydrogen-bond donors (Lipinski definition) is 2. The molecule has 44 heavy (non-hydrogen) atoms. The number of methoxy groups -OCH3 is 1. The standard InChI is InChI=1S/C33H39N5O6/c1-23(10-6-8-17-36-21-28(34-35-36)26(22-39)24-11-4-3-5-12-24)33(43)27-20-25(37-19-16-30(37)40)14-15-29(27)38(32(33)42)18-9-7-13-31(41)44-2/h3-6,10-12,14-15,20-21,23,26,39,43H,7-9,13,16-19,22H2,1-2H3/b10-6+/t23-,26?,33+/m1/s1. The van der Waals surface area contributed by atoms with E-state index < -0.39 is 17.4 Å². The lowest BCUT2D eigenvalue weighted by Gasteiger charge is -2.32. The lowest BCUT2D eigenvalue weighted by Crippen LogP contribution is -2.45. The third-order valence-corrected chi connectivity index (χ3v) is 8.56. The monoisotopic (exact) mass is 601 g/mol. The molecule has 0 saturated carbocycles. The Bertz CT molecular complexity index is 1520. The van der Waals surface area contributed by atoms with Crippen molar-refractivity contribution in [2.24, 2.45) is 5.92 Å². The first-order valence-electron chi connectivity index (χ1n) is 15.1. The summed E-state index contributed by atoms with van der Waals surface area (Å²) in [4.78, 5) is 40.7. The minimum absolute atomic E-state index is 0.00997. The number of nitrogens with zero attached hydrogens (tertiary/aromatic N) is 5. The minimum atomic E-state index is -1.82. The highest BCUT2D eigenvalue weighted by Crippen LogP contribution is 2.47. The molecule has 0 radical (unpaired) electrons. The Morgan fingerprint density at radius 1 is 1.14 bits per heavy atom. The van der Waals surface area contributed by atoms with E-state index >= 15 is 0 Å². The molecule has 11 nitrogen and oxygen atoms in total. The van der Waals surface area contributed by atoms with Crippen molar-refractivity contribution < 1.29 is 29.3 Å². The van der Waals surface area contributed by atoms with Crippen LogP contribution in [0.5, 0.6) is 0 Å². The molecule has 0 aliphatic carbocycles. The van der Waals surface area contributed by atoms with Gasteiger partial charge in [0.1, 0.15) is 0 Å². The molecular formula is C33H39N5O6. The lowest BCUT2D eigenvalue weighted by atomic mass is 9.82. The number of ether oxygens (including phenoxy) is 1. The molecule has 1 saturated heterocycles. The van der Waals surface area contributed by atoms with Crippen LogP contribution in [0, 0.1) is 5.92 Å². The molecule has 3 aromatic rings. The number of benzene rings is 2. The fraction of sp³-hybridized carbons (Fsp3) is 0.424. The Hall–Kier alpha value is -4.35. The van der Waals surface area contributed by atoms with Crippen LogP contribution in [0.3, 0.4) is 0 Å². The number of amides is 2. The summed E-state index contributed by atoms with van der Waals surface area (Å²) in [6, 6.07) is 15.0. The summed E-state index contributed by atoms with van der Waals surface area (Å²) in [5.74, 6) is -1.55. The fourth-order valence-electron chi connectivity index (χ4n) is 5.84. The van der Waals surface area contributed by atoms with Gasteiger partial charge in [-0.1, -0.05) is 54.6 Å².